The van der Waals surface area contributed by atoms with Crippen molar-refractivity contribution >= 4 is 0 Å². The SMILES string of the molecule is Cc1cc(-c2ccccc2)cc(C)c1-c1ccc2c3c1Oc1cccc4c1C3([n+]1ccccc1-2)[n+]1cccn1-4. The molecule has 2 aromatic heterocycles. The van der Waals surface area contributed by atoms with Crippen molar-refractivity contribution in [1.82, 2.24) is 4.68 Å². The van der Waals surface area contributed by atoms with E-state index in [0.717, 1.165) is 22.7 Å². The molecule has 0 saturated heterocycles. The van der Waals surface area contributed by atoms with E-state index in [1.807, 2.05) is 0 Å². The van der Waals surface area contributed by atoms with Gasteiger partial charge in [-0.1, -0.05) is 48.5 Å². The molecule has 184 valence electrons. The van der Waals surface area contributed by atoms with Crippen molar-refractivity contribution in [3.05, 3.63) is 138 Å². The largest absolute Gasteiger partial charge is 0.455 e. The molecule has 3 aliphatic rings. The van der Waals surface area contributed by atoms with Crippen LogP contribution in [0.25, 0.3) is 39.2 Å². The highest BCUT2D eigenvalue weighted by molar-refractivity contribution is 5.87. The summed E-state index contributed by atoms with van der Waals surface area (Å²) in [4.78, 5) is 0. The number of aryl methyl sites for hydroxylation is 2. The minimum Gasteiger partial charge on any atom is -0.455 e. The van der Waals surface area contributed by atoms with Gasteiger partial charge < -0.3 is 4.74 Å². The summed E-state index contributed by atoms with van der Waals surface area (Å²) in [5.74, 6) is 1.86. The number of benzene rings is 4. The van der Waals surface area contributed by atoms with Gasteiger partial charge in [-0.2, -0.15) is 0 Å². The summed E-state index contributed by atoms with van der Waals surface area (Å²) in [7, 11) is 0. The molecular formula is C35H25N3O+2. The lowest BCUT2D eigenvalue weighted by molar-refractivity contribution is -0.988. The summed E-state index contributed by atoms with van der Waals surface area (Å²) >= 11 is 0. The molecule has 0 saturated carbocycles. The zero-order valence-corrected chi connectivity index (χ0v) is 21.7. The van der Waals surface area contributed by atoms with Gasteiger partial charge in [-0.3, -0.25) is 0 Å². The highest BCUT2D eigenvalue weighted by atomic mass is 16.5. The van der Waals surface area contributed by atoms with E-state index >= 15 is 0 Å². The predicted molar refractivity (Wildman–Crippen MR) is 150 cm³/mol. The standard InChI is InChI=1S/C35H25N3O/c1-22-20-25(24-10-4-3-5-11-24)21-23(2)31(22)27-16-15-26-28-12-6-7-17-36(28)35-32(26)34(27)39-30-14-8-13-29(33(30)35)37-18-9-19-38(35)37/h3-21H,1-2H3/q+2. The first kappa shape index (κ1) is 21.0. The minimum atomic E-state index is -0.545. The molecule has 0 N–H and O–H groups in total. The summed E-state index contributed by atoms with van der Waals surface area (Å²) in [5, 5.41) is 0. The van der Waals surface area contributed by atoms with Crippen LogP contribution in [0.5, 0.6) is 11.5 Å². The van der Waals surface area contributed by atoms with Crippen molar-refractivity contribution in [2.24, 2.45) is 0 Å². The van der Waals surface area contributed by atoms with E-state index in [-0.39, 0.29) is 0 Å². The monoisotopic (exact) mass is 503 g/mol. The number of aromatic nitrogens is 3. The highest BCUT2D eigenvalue weighted by Crippen LogP contribution is 2.58. The lowest BCUT2D eigenvalue weighted by atomic mass is 9.83. The summed E-state index contributed by atoms with van der Waals surface area (Å²) in [6.45, 7) is 4.44. The number of hydrogen-bond acceptors (Lipinski definition) is 1. The van der Waals surface area contributed by atoms with E-state index in [9.17, 15) is 0 Å². The topological polar surface area (TPSA) is 21.9 Å². The van der Waals surface area contributed by atoms with Gasteiger partial charge in [0.15, 0.2) is 23.1 Å². The van der Waals surface area contributed by atoms with Crippen LogP contribution in [0.2, 0.25) is 0 Å². The molecule has 4 nitrogen and oxygen atoms in total. The Morgan fingerprint density at radius 3 is 2.33 bits per heavy atom. The van der Waals surface area contributed by atoms with Gasteiger partial charge in [-0.05, 0) is 76.7 Å². The van der Waals surface area contributed by atoms with Crippen LogP contribution in [0.3, 0.4) is 0 Å². The fourth-order valence-corrected chi connectivity index (χ4v) is 7.34. The second-order valence-corrected chi connectivity index (χ2v) is 10.8. The van der Waals surface area contributed by atoms with E-state index < -0.39 is 5.66 Å². The Kier molecular flexibility index (Phi) is 3.84. The van der Waals surface area contributed by atoms with Gasteiger partial charge in [-0.15, -0.1) is 9.25 Å². The minimum absolute atomic E-state index is 0.545. The zero-order chi connectivity index (χ0) is 25.9. The van der Waals surface area contributed by atoms with Crippen LogP contribution in [0, 0.1) is 13.8 Å². The van der Waals surface area contributed by atoms with Crippen molar-refractivity contribution in [3.63, 3.8) is 0 Å². The molecule has 0 aliphatic carbocycles. The summed E-state index contributed by atoms with van der Waals surface area (Å²) in [5.41, 5.74) is 12.8. The molecule has 4 aromatic carbocycles. The third-order valence-electron chi connectivity index (χ3n) is 8.73. The molecule has 4 heteroatoms. The van der Waals surface area contributed by atoms with E-state index in [2.05, 4.69) is 143 Å². The molecule has 1 atom stereocenters. The number of hydrogen-bond donors (Lipinski definition) is 0. The lowest BCUT2D eigenvalue weighted by Gasteiger charge is -2.26. The van der Waals surface area contributed by atoms with Crippen LogP contribution < -0.4 is 14.0 Å². The van der Waals surface area contributed by atoms with Crippen LogP contribution in [0.1, 0.15) is 22.3 Å². The van der Waals surface area contributed by atoms with Crippen LogP contribution in [-0.2, 0) is 5.66 Å². The first-order valence-corrected chi connectivity index (χ1v) is 13.5. The first-order valence-electron chi connectivity index (χ1n) is 13.5. The van der Waals surface area contributed by atoms with Crippen LogP contribution in [-0.4, -0.2) is 4.68 Å². The van der Waals surface area contributed by atoms with Crippen LogP contribution in [0.15, 0.2) is 116 Å². The molecule has 3 aliphatic heterocycles. The van der Waals surface area contributed by atoms with E-state index in [1.54, 1.807) is 0 Å². The van der Waals surface area contributed by atoms with Gasteiger partial charge in [0.25, 0.3) is 0 Å². The molecule has 39 heavy (non-hydrogen) atoms. The third-order valence-corrected chi connectivity index (χ3v) is 8.73. The van der Waals surface area contributed by atoms with Crippen LogP contribution >= 0.6 is 0 Å². The second kappa shape index (κ2) is 7.12. The highest BCUT2D eigenvalue weighted by Gasteiger charge is 2.72. The first-order chi connectivity index (χ1) is 19.2. The predicted octanol–water partition coefficient (Wildman–Crippen LogP) is 6.70. The molecular weight excluding hydrogens is 478 g/mol. The second-order valence-electron chi connectivity index (χ2n) is 10.8. The van der Waals surface area contributed by atoms with Gasteiger partial charge in [0.2, 0.25) is 11.9 Å². The quantitative estimate of drug-likeness (QED) is 0.241. The van der Waals surface area contributed by atoms with Gasteiger partial charge in [0, 0.05) is 23.8 Å². The normalized spacial score (nSPS) is 16.8. The number of nitrogens with zero attached hydrogens (tertiary/aromatic N) is 3. The molecule has 1 spiro atoms. The third kappa shape index (κ3) is 2.41. The average Bonchev–Trinajstić information content (AvgIpc) is 3.64. The Balaban J connectivity index is 1.38. The molecule has 0 amide bonds. The fraction of sp³-hybridized carbons (Fsp3) is 0.0857. The molecule has 1 unspecified atom stereocenters. The zero-order valence-electron chi connectivity index (χ0n) is 21.7. The average molecular weight is 504 g/mol. The summed E-state index contributed by atoms with van der Waals surface area (Å²) in [6.07, 6.45) is 6.55. The van der Waals surface area contributed by atoms with Gasteiger partial charge in [0.1, 0.15) is 11.4 Å². The molecule has 6 aromatic rings. The maximum Gasteiger partial charge on any atom is 0.447 e. The van der Waals surface area contributed by atoms with Crippen molar-refractivity contribution in [2.45, 2.75) is 19.5 Å². The Hall–Kier alpha value is -4.96. The maximum atomic E-state index is 6.96. The Labute approximate surface area is 226 Å². The van der Waals surface area contributed by atoms with Crippen molar-refractivity contribution in [1.29, 1.82) is 0 Å². The molecule has 5 heterocycles. The Bertz CT molecular complexity index is 2000. The lowest BCUT2D eigenvalue weighted by Crippen LogP contribution is -2.73. The number of ether oxygens (including phenoxy) is 1. The fourth-order valence-electron chi connectivity index (χ4n) is 7.34. The summed E-state index contributed by atoms with van der Waals surface area (Å²) in [6, 6.07) is 34.8. The van der Waals surface area contributed by atoms with Crippen LogP contribution in [0.4, 0.5) is 0 Å². The molecule has 0 radical (unpaired) electrons. The van der Waals surface area contributed by atoms with Gasteiger partial charge in [-0.25, -0.2) is 0 Å². The van der Waals surface area contributed by atoms with E-state index in [4.69, 9.17) is 4.74 Å². The van der Waals surface area contributed by atoms with Crippen molar-refractivity contribution in [3.8, 4) is 50.7 Å². The van der Waals surface area contributed by atoms with Gasteiger partial charge >= 0.3 is 5.66 Å². The number of fused-ring (bicyclic) bond motifs is 4. The Morgan fingerprint density at radius 1 is 0.692 bits per heavy atom. The number of pyridine rings is 1. The van der Waals surface area contributed by atoms with Crippen molar-refractivity contribution < 1.29 is 14.0 Å². The Morgan fingerprint density at radius 2 is 1.49 bits per heavy atom. The van der Waals surface area contributed by atoms with Crippen molar-refractivity contribution in [2.75, 3.05) is 0 Å². The van der Waals surface area contributed by atoms with Gasteiger partial charge in [0.05, 0.1) is 11.8 Å². The van der Waals surface area contributed by atoms with E-state index in [0.29, 0.717) is 0 Å². The number of rotatable bonds is 2. The molecule has 0 bridgehead atoms. The van der Waals surface area contributed by atoms with E-state index in [1.165, 1.54) is 50.2 Å². The summed E-state index contributed by atoms with van der Waals surface area (Å²) < 4.78 is 14.0. The smallest absolute Gasteiger partial charge is 0.447 e. The maximum absolute atomic E-state index is 6.96. The molecule has 0 fully saturated rings. The molecule has 9 rings (SSSR count).